The number of nitrogens with zero attached hydrogens (tertiary/aromatic N) is 3. The van der Waals surface area contributed by atoms with Crippen molar-refractivity contribution >= 4 is 72.2 Å². The van der Waals surface area contributed by atoms with Gasteiger partial charge in [-0.2, -0.15) is 0 Å². The van der Waals surface area contributed by atoms with Crippen molar-refractivity contribution < 1.29 is 42.5 Å². The van der Waals surface area contributed by atoms with Crippen LogP contribution in [0.15, 0.2) is 108 Å². The van der Waals surface area contributed by atoms with Crippen LogP contribution in [0.2, 0.25) is 0 Å². The number of fused-ring (bicyclic) bond motifs is 3. The third kappa shape index (κ3) is 9.66. The van der Waals surface area contributed by atoms with E-state index in [1.54, 1.807) is 66.9 Å². The number of nitrogens with one attached hydrogen (secondary N) is 4. The number of aromatic amines is 1. The van der Waals surface area contributed by atoms with Gasteiger partial charge in [0.05, 0.1) is 15.9 Å². The molecule has 336 valence electrons. The van der Waals surface area contributed by atoms with Gasteiger partial charge in [-0.1, -0.05) is 55.7 Å². The maximum Gasteiger partial charge on any atom is 0.341 e. The molecule has 0 bridgehead atoms. The van der Waals surface area contributed by atoms with Gasteiger partial charge in [0.25, 0.3) is 11.8 Å². The first-order chi connectivity index (χ1) is 31.3. The van der Waals surface area contributed by atoms with Crippen LogP contribution in [-0.2, 0) is 26.0 Å². The van der Waals surface area contributed by atoms with Crippen molar-refractivity contribution in [2.75, 3.05) is 38.7 Å². The maximum atomic E-state index is 13.7. The molecule has 17 heteroatoms. The first kappa shape index (κ1) is 44.4. The number of carboxylic acids is 2. The zero-order chi connectivity index (χ0) is 45.8. The third-order valence-corrected chi connectivity index (χ3v) is 13.3. The Morgan fingerprint density at radius 2 is 1.58 bits per heavy atom. The molecule has 16 nitrogen and oxygen atoms in total. The summed E-state index contributed by atoms with van der Waals surface area (Å²) in [5.41, 5.74) is 4.95. The van der Waals surface area contributed by atoms with Crippen LogP contribution >= 0.6 is 0 Å². The van der Waals surface area contributed by atoms with Crippen LogP contribution in [0.1, 0.15) is 64.4 Å². The molecule has 65 heavy (non-hydrogen) atoms. The van der Waals surface area contributed by atoms with Gasteiger partial charge in [-0.3, -0.25) is 9.59 Å². The monoisotopic (exact) mass is 899 g/mol. The molecule has 1 fully saturated rings. The fourth-order valence-electron chi connectivity index (χ4n) is 8.58. The highest BCUT2D eigenvalue weighted by molar-refractivity contribution is 7.89. The fraction of sp³-hybridized carbons (Fsp3) is 0.271. The molecule has 1 aliphatic rings. The third-order valence-electron chi connectivity index (χ3n) is 11.8. The molecule has 0 spiro atoms. The number of benzene rings is 5. The Hall–Kier alpha value is -7.24. The van der Waals surface area contributed by atoms with Crippen molar-refractivity contribution in [3.63, 3.8) is 0 Å². The van der Waals surface area contributed by atoms with Crippen LogP contribution in [0.25, 0.3) is 44.1 Å². The first-order valence-electron chi connectivity index (χ1n) is 21.3. The van der Waals surface area contributed by atoms with E-state index < -0.39 is 40.5 Å². The SMILES string of the molecule is CN(C)c1cccc2c(S(=O)(=O)NCCNC(=O)c3ccc(-c4nc5cc(C(=O)N[C@@H](Cc6c[nH]c7ccc(OCC(=O)O)cc67)C(=O)O)ccc5n4C4CCCCC4)cc3)cccc12. The average molecular weight is 900 g/mol. The number of carbonyl (C=O) groups is 4. The molecule has 6 N–H and O–H groups in total. The number of anilines is 1. The summed E-state index contributed by atoms with van der Waals surface area (Å²) in [5, 5.41) is 26.7. The largest absolute Gasteiger partial charge is 0.482 e. The molecule has 0 radical (unpaired) electrons. The van der Waals surface area contributed by atoms with Crippen LogP contribution < -0.4 is 25.0 Å². The number of hydrogen-bond acceptors (Lipinski definition) is 9. The van der Waals surface area contributed by atoms with Gasteiger partial charge in [0, 0.05) is 89.9 Å². The highest BCUT2D eigenvalue weighted by Gasteiger charge is 2.26. The van der Waals surface area contributed by atoms with Crippen molar-refractivity contribution in [1.82, 2.24) is 29.9 Å². The second-order valence-corrected chi connectivity index (χ2v) is 18.1. The van der Waals surface area contributed by atoms with E-state index in [-0.39, 0.29) is 41.9 Å². The van der Waals surface area contributed by atoms with Gasteiger partial charge in [0.15, 0.2) is 6.61 Å². The lowest BCUT2D eigenvalue weighted by atomic mass is 9.94. The van der Waals surface area contributed by atoms with Gasteiger partial charge < -0.3 is 40.0 Å². The number of ether oxygens (including phenoxy) is 1. The second kappa shape index (κ2) is 18.8. The number of H-pyrrole nitrogens is 1. The van der Waals surface area contributed by atoms with Crippen LogP contribution in [0.5, 0.6) is 5.75 Å². The van der Waals surface area contributed by atoms with E-state index >= 15 is 0 Å². The highest BCUT2D eigenvalue weighted by atomic mass is 32.2. The van der Waals surface area contributed by atoms with Crippen molar-refractivity contribution in [2.24, 2.45) is 0 Å². The van der Waals surface area contributed by atoms with Gasteiger partial charge in [0.1, 0.15) is 17.6 Å². The first-order valence-corrected chi connectivity index (χ1v) is 22.8. The Balaban J connectivity index is 0.958. The summed E-state index contributed by atoms with van der Waals surface area (Å²) in [5.74, 6) is -2.33. The molecule has 8 rings (SSSR count). The second-order valence-electron chi connectivity index (χ2n) is 16.3. The number of carboxylic acid groups (broad SMARTS) is 2. The number of imidazole rings is 1. The molecule has 0 saturated heterocycles. The zero-order valence-electron chi connectivity index (χ0n) is 35.8. The normalized spacial score (nSPS) is 13.8. The van der Waals surface area contributed by atoms with E-state index in [2.05, 4.69) is 24.9 Å². The number of carbonyl (C=O) groups excluding carboxylic acids is 2. The minimum Gasteiger partial charge on any atom is -0.482 e. The Kier molecular flexibility index (Phi) is 12.9. The van der Waals surface area contributed by atoms with Crippen molar-refractivity contribution in [2.45, 2.75) is 55.5 Å². The standard InChI is InChI=1S/C48H49N7O9S/c1-54(2)41-12-6-11-36-35(41)10-7-13-43(36)65(62,63)51-23-22-49-46(58)30-16-14-29(15-17-30)45-52-39-24-31(18-21-42(39)55(45)33-8-4-3-5-9-33)47(59)53-40(48(60)61)25-32-27-50-38-20-19-34(26-37(32)38)64-28-44(56)57/h6-7,10-21,24,26-27,33,40,50-51H,3-5,8-9,22-23,25,28H2,1-2H3,(H,49,58)(H,53,59)(H,56,57)(H,60,61)/t40-/m0/s1. The number of aliphatic carboxylic acids is 2. The molecule has 5 aromatic carbocycles. The zero-order valence-corrected chi connectivity index (χ0v) is 36.7. The average Bonchev–Trinajstić information content (AvgIpc) is 3.89. The van der Waals surface area contributed by atoms with Crippen molar-refractivity contribution in [3.05, 3.63) is 120 Å². The number of hydrogen-bond donors (Lipinski definition) is 6. The Labute approximate surface area is 374 Å². The van der Waals surface area contributed by atoms with E-state index in [0.717, 1.165) is 54.3 Å². The molecule has 1 atom stereocenters. The molecule has 2 aromatic heterocycles. The Morgan fingerprint density at radius 3 is 2.32 bits per heavy atom. The fourth-order valence-corrected chi connectivity index (χ4v) is 9.83. The van der Waals surface area contributed by atoms with Gasteiger partial charge in [-0.05, 0) is 79.1 Å². The quantitative estimate of drug-likeness (QED) is 0.0541. The lowest BCUT2D eigenvalue weighted by Crippen LogP contribution is -2.42. The van der Waals surface area contributed by atoms with Gasteiger partial charge in [-0.15, -0.1) is 0 Å². The molecule has 2 heterocycles. The maximum absolute atomic E-state index is 13.7. The van der Waals surface area contributed by atoms with E-state index in [1.165, 1.54) is 0 Å². The lowest BCUT2D eigenvalue weighted by Gasteiger charge is -2.25. The van der Waals surface area contributed by atoms with Crippen molar-refractivity contribution in [1.29, 1.82) is 0 Å². The topological polar surface area (TPSA) is 225 Å². The molecule has 0 unspecified atom stereocenters. The predicted molar refractivity (Wildman–Crippen MR) is 247 cm³/mol. The van der Waals surface area contributed by atoms with Crippen LogP contribution in [-0.4, -0.2) is 96.8 Å². The summed E-state index contributed by atoms with van der Waals surface area (Å²) in [7, 11) is -0.0804. The summed E-state index contributed by atoms with van der Waals surface area (Å²) in [6.07, 6.45) is 6.75. The molecule has 0 aliphatic heterocycles. The molecule has 1 aliphatic carbocycles. The van der Waals surface area contributed by atoms with Crippen LogP contribution in [0.4, 0.5) is 5.69 Å². The van der Waals surface area contributed by atoms with Crippen LogP contribution in [0, 0.1) is 0 Å². The number of sulfonamides is 1. The highest BCUT2D eigenvalue weighted by Crippen LogP contribution is 2.37. The molecular weight excluding hydrogens is 851 g/mol. The number of aromatic nitrogens is 3. The van der Waals surface area contributed by atoms with Crippen LogP contribution in [0.3, 0.4) is 0 Å². The molecule has 2 amide bonds. The number of amides is 2. The van der Waals surface area contributed by atoms with Crippen molar-refractivity contribution in [3.8, 4) is 17.1 Å². The van der Waals surface area contributed by atoms with E-state index in [9.17, 15) is 32.7 Å². The minimum absolute atomic E-state index is 0.0173. The summed E-state index contributed by atoms with van der Waals surface area (Å²) in [6.45, 7) is -0.487. The number of rotatable bonds is 17. The Bertz CT molecular complexity index is 3050. The van der Waals surface area contributed by atoms with E-state index in [1.807, 2.05) is 55.4 Å². The predicted octanol–water partition coefficient (Wildman–Crippen LogP) is 6.51. The lowest BCUT2D eigenvalue weighted by molar-refractivity contribution is -0.140. The summed E-state index contributed by atoms with van der Waals surface area (Å²) < 4.78 is 36.8. The molecule has 1 saturated carbocycles. The van der Waals surface area contributed by atoms with Gasteiger partial charge >= 0.3 is 11.9 Å². The van der Waals surface area contributed by atoms with Gasteiger partial charge in [-0.25, -0.2) is 27.7 Å². The van der Waals surface area contributed by atoms with E-state index in [0.29, 0.717) is 44.5 Å². The van der Waals surface area contributed by atoms with E-state index in [4.69, 9.17) is 14.8 Å². The minimum atomic E-state index is -3.88. The van der Waals surface area contributed by atoms with Gasteiger partial charge in [0.2, 0.25) is 10.0 Å². The molecule has 7 aromatic rings. The smallest absolute Gasteiger partial charge is 0.341 e. The Morgan fingerprint density at radius 1 is 0.846 bits per heavy atom. The summed E-state index contributed by atoms with van der Waals surface area (Å²) in [4.78, 5) is 60.6. The summed E-state index contributed by atoms with van der Waals surface area (Å²) >= 11 is 0. The summed E-state index contributed by atoms with van der Waals surface area (Å²) in [6, 6.07) is 26.7. The molecular formula is C48H49N7O9S.